The van der Waals surface area contributed by atoms with Gasteiger partial charge in [0.25, 0.3) is 0 Å². The fourth-order valence-corrected chi connectivity index (χ4v) is 3.88. The second-order valence-electron chi connectivity index (χ2n) is 6.68. The molecule has 1 aromatic carbocycles. The fraction of sp³-hybridized carbons (Fsp3) is 0.350. The van der Waals surface area contributed by atoms with Gasteiger partial charge in [0.2, 0.25) is 5.91 Å². The summed E-state index contributed by atoms with van der Waals surface area (Å²) in [6, 6.07) is 6.31. The second kappa shape index (κ2) is 7.41. The van der Waals surface area contributed by atoms with Gasteiger partial charge in [0.1, 0.15) is 0 Å². The maximum absolute atomic E-state index is 12.3. The Morgan fingerprint density at radius 2 is 2.00 bits per heavy atom. The molecule has 0 aliphatic carbocycles. The summed E-state index contributed by atoms with van der Waals surface area (Å²) in [6.07, 6.45) is 1.11. The molecule has 0 saturated carbocycles. The number of nitrogens with zero attached hydrogens (tertiary/aromatic N) is 3. The highest BCUT2D eigenvalue weighted by Gasteiger charge is 2.13. The number of carbonyl (C=O) groups excluding carboxylic acids is 1. The molecule has 26 heavy (non-hydrogen) atoms. The Balaban J connectivity index is 1.64. The maximum Gasteiger partial charge on any atom is 0.226 e. The predicted molar refractivity (Wildman–Crippen MR) is 107 cm³/mol. The highest BCUT2D eigenvalue weighted by molar-refractivity contribution is 7.14. The molecule has 1 N–H and O–H groups in total. The number of nitrogens with one attached hydrogen (secondary N) is 1. The van der Waals surface area contributed by atoms with Crippen molar-refractivity contribution in [2.24, 2.45) is 7.05 Å². The van der Waals surface area contributed by atoms with Crippen LogP contribution >= 0.6 is 11.3 Å². The van der Waals surface area contributed by atoms with Crippen LogP contribution in [0.4, 0.5) is 5.13 Å². The van der Waals surface area contributed by atoms with Crippen molar-refractivity contribution < 1.29 is 4.79 Å². The van der Waals surface area contributed by atoms with Crippen molar-refractivity contribution in [1.82, 2.24) is 14.8 Å². The van der Waals surface area contributed by atoms with Gasteiger partial charge in [-0.25, -0.2) is 4.98 Å². The summed E-state index contributed by atoms with van der Waals surface area (Å²) in [4.78, 5) is 16.9. The van der Waals surface area contributed by atoms with E-state index in [1.807, 2.05) is 31.0 Å². The largest absolute Gasteiger partial charge is 0.302 e. The van der Waals surface area contributed by atoms with Crippen LogP contribution < -0.4 is 5.32 Å². The average Bonchev–Trinajstić information content (AvgIpc) is 3.11. The molecule has 2 aromatic heterocycles. The van der Waals surface area contributed by atoms with Crippen LogP contribution in [-0.2, 0) is 18.3 Å². The summed E-state index contributed by atoms with van der Waals surface area (Å²) in [5.74, 6) is -0.0193. The Morgan fingerprint density at radius 3 is 2.65 bits per heavy atom. The van der Waals surface area contributed by atoms with Crippen LogP contribution in [0, 0.1) is 27.7 Å². The van der Waals surface area contributed by atoms with Gasteiger partial charge in [-0.05, 0) is 45.2 Å². The molecule has 2 heterocycles. The van der Waals surface area contributed by atoms with Crippen LogP contribution in [0.2, 0.25) is 0 Å². The molecule has 0 saturated heterocycles. The van der Waals surface area contributed by atoms with Crippen LogP contribution in [-0.4, -0.2) is 20.7 Å². The van der Waals surface area contributed by atoms with Gasteiger partial charge in [0.15, 0.2) is 5.13 Å². The normalized spacial score (nSPS) is 11.0. The topological polar surface area (TPSA) is 59.8 Å². The Kier molecular flexibility index (Phi) is 5.23. The third kappa shape index (κ3) is 3.85. The Bertz CT molecular complexity index is 955. The summed E-state index contributed by atoms with van der Waals surface area (Å²) < 4.78 is 1.86. The van der Waals surface area contributed by atoms with E-state index < -0.39 is 0 Å². The molecule has 5 nitrogen and oxygen atoms in total. The van der Waals surface area contributed by atoms with Crippen LogP contribution in [0.3, 0.4) is 0 Å². The van der Waals surface area contributed by atoms with E-state index >= 15 is 0 Å². The van der Waals surface area contributed by atoms with E-state index in [1.54, 1.807) is 0 Å². The third-order valence-electron chi connectivity index (χ3n) is 4.67. The number of hydrogen-bond acceptors (Lipinski definition) is 4. The molecule has 136 valence electrons. The molecular weight excluding hydrogens is 344 g/mol. The van der Waals surface area contributed by atoms with Crippen LogP contribution in [0.15, 0.2) is 23.6 Å². The fourth-order valence-electron chi connectivity index (χ4n) is 3.16. The van der Waals surface area contributed by atoms with Crippen molar-refractivity contribution in [1.29, 1.82) is 0 Å². The smallest absolute Gasteiger partial charge is 0.226 e. The number of thiazole rings is 1. The Labute approximate surface area is 158 Å². The molecule has 0 atom stereocenters. The van der Waals surface area contributed by atoms with Gasteiger partial charge in [-0.2, -0.15) is 5.10 Å². The first kappa shape index (κ1) is 18.3. The second-order valence-corrected chi connectivity index (χ2v) is 7.54. The van der Waals surface area contributed by atoms with Gasteiger partial charge in [0.05, 0.1) is 11.4 Å². The van der Waals surface area contributed by atoms with Crippen molar-refractivity contribution in [3.8, 4) is 11.3 Å². The Morgan fingerprint density at radius 1 is 1.23 bits per heavy atom. The molecule has 3 aromatic rings. The molecular formula is C20H24N4OS. The SMILES string of the molecule is Cc1ccc(-c2csc(NC(=O)CCc3c(C)nn(C)c3C)n2)c(C)c1. The van der Waals surface area contributed by atoms with Crippen molar-refractivity contribution >= 4 is 22.4 Å². The first-order valence-corrected chi connectivity index (χ1v) is 9.55. The van der Waals surface area contributed by atoms with Gasteiger partial charge in [-0.15, -0.1) is 11.3 Å². The van der Waals surface area contributed by atoms with E-state index in [0.717, 1.165) is 28.2 Å². The number of rotatable bonds is 5. The molecule has 0 spiro atoms. The number of amides is 1. The number of carbonyl (C=O) groups is 1. The molecule has 6 heteroatoms. The molecule has 3 rings (SSSR count). The predicted octanol–water partition coefficient (Wildman–Crippen LogP) is 4.35. The summed E-state index contributed by atoms with van der Waals surface area (Å²) in [6.45, 7) is 8.18. The minimum Gasteiger partial charge on any atom is -0.302 e. The van der Waals surface area contributed by atoms with E-state index in [9.17, 15) is 4.79 Å². The monoisotopic (exact) mass is 368 g/mol. The van der Waals surface area contributed by atoms with Gasteiger partial charge in [-0.3, -0.25) is 9.48 Å². The molecule has 0 radical (unpaired) electrons. The standard InChI is InChI=1S/C20H24N4OS/c1-12-6-7-16(13(2)10-12)18-11-26-20(21-18)22-19(25)9-8-17-14(3)23-24(5)15(17)4/h6-7,10-11H,8-9H2,1-5H3,(H,21,22,25). The zero-order valence-corrected chi connectivity index (χ0v) is 16.7. The Hall–Kier alpha value is -2.47. The summed E-state index contributed by atoms with van der Waals surface area (Å²) in [5.41, 5.74) is 7.69. The lowest BCUT2D eigenvalue weighted by molar-refractivity contribution is -0.116. The number of aromatic nitrogens is 3. The average molecular weight is 369 g/mol. The molecule has 1 amide bonds. The quantitative estimate of drug-likeness (QED) is 0.728. The van der Waals surface area contributed by atoms with Gasteiger partial charge >= 0.3 is 0 Å². The molecule has 0 fully saturated rings. The number of hydrogen-bond donors (Lipinski definition) is 1. The molecule has 0 aliphatic heterocycles. The summed E-state index contributed by atoms with van der Waals surface area (Å²) in [5, 5.41) is 9.95. The van der Waals surface area contributed by atoms with Crippen molar-refractivity contribution in [3.63, 3.8) is 0 Å². The summed E-state index contributed by atoms with van der Waals surface area (Å²) in [7, 11) is 1.93. The molecule has 0 aliphatic rings. The van der Waals surface area contributed by atoms with Crippen molar-refractivity contribution in [2.75, 3.05) is 5.32 Å². The lowest BCUT2D eigenvalue weighted by atomic mass is 10.0. The van der Waals surface area contributed by atoms with Gasteiger partial charge in [-0.1, -0.05) is 23.8 Å². The van der Waals surface area contributed by atoms with Gasteiger partial charge < -0.3 is 5.32 Å². The highest BCUT2D eigenvalue weighted by Crippen LogP contribution is 2.28. The third-order valence-corrected chi connectivity index (χ3v) is 5.43. The van der Waals surface area contributed by atoms with Crippen LogP contribution in [0.5, 0.6) is 0 Å². The van der Waals surface area contributed by atoms with Gasteiger partial charge in [0, 0.05) is 30.1 Å². The van der Waals surface area contributed by atoms with Crippen LogP contribution in [0.25, 0.3) is 11.3 Å². The number of aryl methyl sites for hydroxylation is 4. The molecule has 0 bridgehead atoms. The summed E-state index contributed by atoms with van der Waals surface area (Å²) >= 11 is 1.46. The lowest BCUT2D eigenvalue weighted by Crippen LogP contribution is -2.12. The van der Waals surface area contributed by atoms with E-state index in [-0.39, 0.29) is 5.91 Å². The van der Waals surface area contributed by atoms with E-state index in [2.05, 4.69) is 47.4 Å². The minimum atomic E-state index is -0.0193. The number of benzene rings is 1. The van der Waals surface area contributed by atoms with E-state index in [0.29, 0.717) is 18.0 Å². The van der Waals surface area contributed by atoms with E-state index in [1.165, 1.54) is 22.5 Å². The van der Waals surface area contributed by atoms with Crippen LogP contribution in [0.1, 0.15) is 34.5 Å². The van der Waals surface area contributed by atoms with Crippen molar-refractivity contribution in [2.45, 2.75) is 40.5 Å². The van der Waals surface area contributed by atoms with E-state index in [4.69, 9.17) is 0 Å². The highest BCUT2D eigenvalue weighted by atomic mass is 32.1. The van der Waals surface area contributed by atoms with Crippen molar-refractivity contribution in [3.05, 3.63) is 51.7 Å². The zero-order valence-electron chi connectivity index (χ0n) is 15.9. The number of anilines is 1. The first-order chi connectivity index (χ1) is 12.3. The molecule has 0 unspecified atom stereocenters. The maximum atomic E-state index is 12.3. The minimum absolute atomic E-state index is 0.0193. The zero-order chi connectivity index (χ0) is 18.8. The lowest BCUT2D eigenvalue weighted by Gasteiger charge is -2.04. The first-order valence-electron chi connectivity index (χ1n) is 8.67.